The predicted octanol–water partition coefficient (Wildman–Crippen LogP) is 7.78. The lowest BCUT2D eigenvalue weighted by molar-refractivity contribution is -0.134. The number of esters is 1. The summed E-state index contributed by atoms with van der Waals surface area (Å²) in [6.07, 6.45) is 17.4. The van der Waals surface area contributed by atoms with Crippen molar-refractivity contribution in [2.75, 3.05) is 0 Å². The Hall–Kier alpha value is -1.94. The zero-order valence-electron chi connectivity index (χ0n) is 20.0. The number of alkyl halides is 1. The molecule has 1 aromatic carbocycles. The van der Waals surface area contributed by atoms with E-state index in [1.807, 2.05) is 38.4 Å². The van der Waals surface area contributed by atoms with Crippen molar-refractivity contribution in [1.29, 1.82) is 0 Å². The van der Waals surface area contributed by atoms with Gasteiger partial charge in [0.15, 0.2) is 0 Å². The summed E-state index contributed by atoms with van der Waals surface area (Å²) in [7, 11) is 0. The van der Waals surface area contributed by atoms with Crippen LogP contribution in [0.3, 0.4) is 0 Å². The molecule has 2 aromatic rings. The van der Waals surface area contributed by atoms with Crippen LogP contribution in [-0.2, 0) is 11.2 Å². The minimum atomic E-state index is -0.633. The molecule has 0 saturated heterocycles. The normalized spacial score (nSPS) is 13.0. The van der Waals surface area contributed by atoms with Gasteiger partial charge in [0, 0.05) is 24.4 Å². The van der Waals surface area contributed by atoms with E-state index in [1.165, 1.54) is 51.4 Å². The molecule has 1 unspecified atom stereocenters. The number of nitrogens with zero attached hydrogens (tertiary/aromatic N) is 2. The molecular formula is C27H39ClN2O2. The van der Waals surface area contributed by atoms with Crippen molar-refractivity contribution >= 4 is 17.6 Å². The summed E-state index contributed by atoms with van der Waals surface area (Å²) in [6.45, 7) is 6.21. The lowest BCUT2D eigenvalue weighted by Crippen LogP contribution is -2.26. The van der Waals surface area contributed by atoms with Crippen molar-refractivity contribution in [2.24, 2.45) is 5.92 Å². The third-order valence-electron chi connectivity index (χ3n) is 5.98. The molecule has 0 amide bonds. The third kappa shape index (κ3) is 9.28. The highest BCUT2D eigenvalue weighted by Crippen LogP contribution is 2.23. The Morgan fingerprint density at radius 3 is 2.00 bits per heavy atom. The first-order valence-electron chi connectivity index (χ1n) is 12.3. The number of aryl methyl sites for hydroxylation is 1. The van der Waals surface area contributed by atoms with Gasteiger partial charge >= 0.3 is 5.97 Å². The highest BCUT2D eigenvalue weighted by Gasteiger charge is 2.23. The Labute approximate surface area is 199 Å². The maximum Gasteiger partial charge on any atom is 0.329 e. The summed E-state index contributed by atoms with van der Waals surface area (Å²) in [6, 6.07) is 7.38. The first kappa shape index (κ1) is 26.3. The molecule has 1 aromatic heterocycles. The van der Waals surface area contributed by atoms with Crippen molar-refractivity contribution in [2.45, 2.75) is 96.8 Å². The number of ether oxygens (including phenoxy) is 1. The number of unbranched alkanes of at least 4 members (excludes halogenated alkanes) is 8. The van der Waals surface area contributed by atoms with Crippen molar-refractivity contribution in [3.63, 3.8) is 0 Å². The fourth-order valence-electron chi connectivity index (χ4n) is 3.55. The molecule has 0 fully saturated rings. The van der Waals surface area contributed by atoms with E-state index >= 15 is 0 Å². The summed E-state index contributed by atoms with van der Waals surface area (Å²) < 4.78 is 5.40. The van der Waals surface area contributed by atoms with Gasteiger partial charge in [-0.1, -0.05) is 90.7 Å². The second kappa shape index (κ2) is 15.0. The van der Waals surface area contributed by atoms with Crippen LogP contribution in [0.4, 0.5) is 0 Å². The standard InChI is InChI=1S/C27H39ClN2O2/c1-4-6-7-8-9-10-11-12-13-14-25-29-19-23(20-30-25)22-15-17-24(18-16-22)32-27(31)26(28)21(3)5-2/h15-21,26H,4-14H2,1-3H3/t21?,26-/m0/s1. The molecule has 0 saturated carbocycles. The molecular weight excluding hydrogens is 420 g/mol. The van der Waals surface area contributed by atoms with Gasteiger partial charge < -0.3 is 4.74 Å². The molecule has 0 N–H and O–H groups in total. The van der Waals surface area contributed by atoms with Crippen LogP contribution >= 0.6 is 11.6 Å². The molecule has 0 aliphatic heterocycles. The highest BCUT2D eigenvalue weighted by atomic mass is 35.5. The van der Waals surface area contributed by atoms with E-state index in [0.29, 0.717) is 5.75 Å². The smallest absolute Gasteiger partial charge is 0.329 e. The lowest BCUT2D eigenvalue weighted by atomic mass is 10.1. The number of rotatable bonds is 15. The summed E-state index contributed by atoms with van der Waals surface area (Å²) in [5, 5.41) is -0.633. The average Bonchev–Trinajstić information content (AvgIpc) is 2.83. The van der Waals surface area contributed by atoms with E-state index in [4.69, 9.17) is 16.3 Å². The Kier molecular flexibility index (Phi) is 12.3. The quantitative estimate of drug-likeness (QED) is 0.118. The molecule has 1 heterocycles. The van der Waals surface area contributed by atoms with E-state index in [-0.39, 0.29) is 5.92 Å². The molecule has 5 heteroatoms. The van der Waals surface area contributed by atoms with Gasteiger partial charge in [-0.15, -0.1) is 11.6 Å². The van der Waals surface area contributed by atoms with Crippen molar-refractivity contribution < 1.29 is 9.53 Å². The molecule has 0 aliphatic rings. The molecule has 0 aliphatic carbocycles. The molecule has 0 bridgehead atoms. The van der Waals surface area contributed by atoms with Gasteiger partial charge in [-0.05, 0) is 30.0 Å². The maximum absolute atomic E-state index is 12.1. The minimum Gasteiger partial charge on any atom is -0.425 e. The van der Waals surface area contributed by atoms with Crippen molar-refractivity contribution in [3.05, 3.63) is 42.5 Å². The molecule has 0 spiro atoms. The second-order valence-corrected chi connectivity index (χ2v) is 9.17. The van der Waals surface area contributed by atoms with Crippen LogP contribution in [0.2, 0.25) is 0 Å². The van der Waals surface area contributed by atoms with Crippen LogP contribution in [-0.4, -0.2) is 21.3 Å². The maximum atomic E-state index is 12.1. The SMILES string of the molecule is CCCCCCCCCCCc1ncc(-c2ccc(OC(=O)[C@@H](Cl)C(C)CC)cc2)cn1. The summed E-state index contributed by atoms with van der Waals surface area (Å²) >= 11 is 6.17. The largest absolute Gasteiger partial charge is 0.425 e. The van der Waals surface area contributed by atoms with Crippen LogP contribution in [0.1, 0.15) is 90.8 Å². The van der Waals surface area contributed by atoms with E-state index in [0.717, 1.165) is 36.2 Å². The molecule has 2 rings (SSSR count). The first-order valence-corrected chi connectivity index (χ1v) is 12.8. The molecule has 4 nitrogen and oxygen atoms in total. The van der Waals surface area contributed by atoms with Gasteiger partial charge in [0.05, 0.1) is 0 Å². The van der Waals surface area contributed by atoms with Crippen LogP contribution in [0, 0.1) is 5.92 Å². The van der Waals surface area contributed by atoms with Crippen molar-refractivity contribution in [3.8, 4) is 16.9 Å². The number of carbonyl (C=O) groups is 1. The predicted molar refractivity (Wildman–Crippen MR) is 133 cm³/mol. The number of benzene rings is 1. The highest BCUT2D eigenvalue weighted by molar-refractivity contribution is 6.30. The molecule has 2 atom stereocenters. The second-order valence-electron chi connectivity index (χ2n) is 8.70. The lowest BCUT2D eigenvalue weighted by Gasteiger charge is -2.15. The van der Waals surface area contributed by atoms with Gasteiger partial charge in [-0.2, -0.15) is 0 Å². The summed E-state index contributed by atoms with van der Waals surface area (Å²) in [4.78, 5) is 21.2. The van der Waals surface area contributed by atoms with E-state index in [2.05, 4.69) is 16.9 Å². The van der Waals surface area contributed by atoms with Crippen LogP contribution in [0.25, 0.3) is 11.1 Å². The van der Waals surface area contributed by atoms with E-state index in [9.17, 15) is 4.79 Å². The van der Waals surface area contributed by atoms with Gasteiger partial charge in [-0.25, -0.2) is 9.97 Å². The topological polar surface area (TPSA) is 52.1 Å². The fourth-order valence-corrected chi connectivity index (χ4v) is 3.78. The monoisotopic (exact) mass is 458 g/mol. The Balaban J connectivity index is 1.74. The summed E-state index contributed by atoms with van der Waals surface area (Å²) in [5.41, 5.74) is 1.94. The van der Waals surface area contributed by atoms with Gasteiger partial charge in [0.25, 0.3) is 0 Å². The van der Waals surface area contributed by atoms with Crippen LogP contribution < -0.4 is 4.74 Å². The Morgan fingerprint density at radius 1 is 0.875 bits per heavy atom. The summed E-state index contributed by atoms with van der Waals surface area (Å²) in [5.74, 6) is 1.07. The van der Waals surface area contributed by atoms with Crippen molar-refractivity contribution in [1.82, 2.24) is 9.97 Å². The first-order chi connectivity index (χ1) is 15.5. The Bertz CT molecular complexity index is 777. The van der Waals surface area contributed by atoms with E-state index in [1.54, 1.807) is 12.1 Å². The number of hydrogen-bond acceptors (Lipinski definition) is 4. The number of hydrogen-bond donors (Lipinski definition) is 0. The number of carbonyl (C=O) groups excluding carboxylic acids is 1. The molecule has 32 heavy (non-hydrogen) atoms. The Morgan fingerprint density at radius 2 is 1.44 bits per heavy atom. The van der Waals surface area contributed by atoms with Gasteiger partial charge in [0.1, 0.15) is 17.0 Å². The zero-order chi connectivity index (χ0) is 23.2. The van der Waals surface area contributed by atoms with E-state index < -0.39 is 11.3 Å². The average molecular weight is 459 g/mol. The van der Waals surface area contributed by atoms with Gasteiger partial charge in [-0.3, -0.25) is 4.79 Å². The van der Waals surface area contributed by atoms with Crippen LogP contribution in [0.5, 0.6) is 5.75 Å². The number of aromatic nitrogens is 2. The fraction of sp³-hybridized carbons (Fsp3) is 0.593. The number of halogens is 1. The molecule has 176 valence electrons. The van der Waals surface area contributed by atoms with Crippen LogP contribution in [0.15, 0.2) is 36.7 Å². The zero-order valence-corrected chi connectivity index (χ0v) is 20.7. The minimum absolute atomic E-state index is 0.0784. The van der Waals surface area contributed by atoms with Gasteiger partial charge in [0.2, 0.25) is 0 Å². The third-order valence-corrected chi connectivity index (χ3v) is 6.59. The molecule has 0 radical (unpaired) electrons.